The Morgan fingerprint density at radius 1 is 1.56 bits per heavy atom. The zero-order valence-corrected chi connectivity index (χ0v) is 10.4. The van der Waals surface area contributed by atoms with E-state index in [0.717, 1.165) is 16.9 Å². The summed E-state index contributed by atoms with van der Waals surface area (Å²) >= 11 is 0. The molecule has 1 aromatic carbocycles. The van der Waals surface area contributed by atoms with Crippen molar-refractivity contribution in [2.45, 2.75) is 32.0 Å². The van der Waals surface area contributed by atoms with Crippen LogP contribution < -0.4 is 4.74 Å². The maximum atomic E-state index is 11.7. The molecule has 1 heterocycles. The van der Waals surface area contributed by atoms with E-state index in [1.165, 1.54) is 0 Å². The standard InChI is InChI=1S/C14H16O4/c1-3-17-14(16)12-11-9-6-8(7(2)15)4-5-10(9)18-13(11)12/h4-7,11-13,15H,3H2,1-2H3. The van der Waals surface area contributed by atoms with Crippen LogP contribution in [0.1, 0.15) is 37.0 Å². The van der Waals surface area contributed by atoms with Gasteiger partial charge in [-0.05, 0) is 31.5 Å². The van der Waals surface area contributed by atoms with Gasteiger partial charge in [-0.25, -0.2) is 0 Å². The Morgan fingerprint density at radius 3 is 3.00 bits per heavy atom. The lowest BCUT2D eigenvalue weighted by Crippen LogP contribution is -2.13. The van der Waals surface area contributed by atoms with Gasteiger partial charge in [0, 0.05) is 11.5 Å². The SMILES string of the molecule is CCOC(=O)C1C2Oc3ccc(C(C)O)cc3C21. The lowest BCUT2D eigenvalue weighted by molar-refractivity contribution is -0.145. The number of fused-ring (bicyclic) bond motifs is 3. The second-order valence-corrected chi connectivity index (χ2v) is 4.86. The van der Waals surface area contributed by atoms with Gasteiger partial charge in [-0.1, -0.05) is 6.07 Å². The summed E-state index contributed by atoms with van der Waals surface area (Å²) in [6.45, 7) is 3.93. The Morgan fingerprint density at radius 2 is 2.33 bits per heavy atom. The van der Waals surface area contributed by atoms with Crippen LogP contribution in [0, 0.1) is 5.92 Å². The van der Waals surface area contributed by atoms with Crippen molar-refractivity contribution in [1.29, 1.82) is 0 Å². The summed E-state index contributed by atoms with van der Waals surface area (Å²) in [4.78, 5) is 11.7. The highest BCUT2D eigenvalue weighted by atomic mass is 16.5. The van der Waals surface area contributed by atoms with Crippen molar-refractivity contribution in [3.63, 3.8) is 0 Å². The molecule has 18 heavy (non-hydrogen) atoms. The summed E-state index contributed by atoms with van der Waals surface area (Å²) < 4.78 is 10.7. The summed E-state index contributed by atoms with van der Waals surface area (Å²) in [5.41, 5.74) is 1.88. The van der Waals surface area contributed by atoms with Gasteiger partial charge in [0.2, 0.25) is 0 Å². The van der Waals surface area contributed by atoms with E-state index in [2.05, 4.69) is 0 Å². The predicted octanol–water partition coefficient (Wildman–Crippen LogP) is 1.78. The predicted molar refractivity (Wildman–Crippen MR) is 64.4 cm³/mol. The molecule has 2 aliphatic rings. The van der Waals surface area contributed by atoms with Gasteiger partial charge < -0.3 is 14.6 Å². The highest BCUT2D eigenvalue weighted by Gasteiger charge is 2.63. The first-order valence-corrected chi connectivity index (χ1v) is 6.28. The minimum atomic E-state index is -0.505. The van der Waals surface area contributed by atoms with Crippen LogP contribution in [0.15, 0.2) is 18.2 Å². The van der Waals surface area contributed by atoms with E-state index < -0.39 is 6.10 Å². The fraction of sp³-hybridized carbons (Fsp3) is 0.500. The minimum Gasteiger partial charge on any atom is -0.489 e. The summed E-state index contributed by atoms with van der Waals surface area (Å²) in [5.74, 6) is 0.593. The van der Waals surface area contributed by atoms with E-state index >= 15 is 0 Å². The van der Waals surface area contributed by atoms with E-state index in [9.17, 15) is 9.90 Å². The topological polar surface area (TPSA) is 55.8 Å². The number of hydrogen-bond donors (Lipinski definition) is 1. The molecular weight excluding hydrogens is 232 g/mol. The lowest BCUT2D eigenvalue weighted by atomic mass is 10.0. The quantitative estimate of drug-likeness (QED) is 0.828. The molecule has 4 nitrogen and oxygen atoms in total. The monoisotopic (exact) mass is 248 g/mol. The number of aliphatic hydroxyl groups excluding tert-OH is 1. The van der Waals surface area contributed by atoms with Gasteiger partial charge in [-0.2, -0.15) is 0 Å². The Bertz CT molecular complexity index is 495. The van der Waals surface area contributed by atoms with Crippen molar-refractivity contribution in [3.8, 4) is 5.75 Å². The lowest BCUT2D eigenvalue weighted by Gasteiger charge is -2.11. The number of aliphatic hydroxyl groups is 1. The van der Waals surface area contributed by atoms with Crippen molar-refractivity contribution in [2.24, 2.45) is 5.92 Å². The summed E-state index contributed by atoms with van der Waals surface area (Å²) in [5, 5.41) is 9.58. The van der Waals surface area contributed by atoms with Crippen molar-refractivity contribution in [3.05, 3.63) is 29.3 Å². The van der Waals surface area contributed by atoms with Crippen LogP contribution in [-0.4, -0.2) is 23.8 Å². The molecule has 1 aliphatic carbocycles. The molecule has 0 aromatic heterocycles. The Labute approximate surface area is 106 Å². The minimum absolute atomic E-state index is 0.0664. The van der Waals surface area contributed by atoms with Gasteiger partial charge in [0.1, 0.15) is 17.8 Å². The van der Waals surface area contributed by atoms with Crippen LogP contribution in [0.3, 0.4) is 0 Å². The largest absolute Gasteiger partial charge is 0.489 e. The third kappa shape index (κ3) is 1.60. The zero-order valence-electron chi connectivity index (χ0n) is 10.4. The molecule has 0 spiro atoms. The van der Waals surface area contributed by atoms with Gasteiger partial charge in [0.15, 0.2) is 0 Å². The second-order valence-electron chi connectivity index (χ2n) is 4.86. The third-order valence-corrected chi connectivity index (χ3v) is 3.65. The van der Waals surface area contributed by atoms with Crippen LogP contribution in [0.25, 0.3) is 0 Å². The molecule has 1 aromatic rings. The van der Waals surface area contributed by atoms with Gasteiger partial charge in [-0.15, -0.1) is 0 Å². The average Bonchev–Trinajstić information content (AvgIpc) is 2.93. The molecule has 3 rings (SSSR count). The van der Waals surface area contributed by atoms with E-state index in [0.29, 0.717) is 6.61 Å². The van der Waals surface area contributed by atoms with Gasteiger partial charge in [-0.3, -0.25) is 4.79 Å². The van der Waals surface area contributed by atoms with Crippen LogP contribution in [0.2, 0.25) is 0 Å². The molecule has 1 aliphatic heterocycles. The Hall–Kier alpha value is -1.55. The number of rotatable bonds is 3. The second kappa shape index (κ2) is 3.99. The van der Waals surface area contributed by atoms with Crippen molar-refractivity contribution < 1.29 is 19.4 Å². The molecular formula is C14H16O4. The fourth-order valence-electron chi connectivity index (χ4n) is 2.66. The fourth-order valence-corrected chi connectivity index (χ4v) is 2.66. The van der Waals surface area contributed by atoms with Gasteiger partial charge in [0.25, 0.3) is 0 Å². The first kappa shape index (κ1) is 11.5. The molecule has 4 heteroatoms. The van der Waals surface area contributed by atoms with E-state index in [4.69, 9.17) is 9.47 Å². The van der Waals surface area contributed by atoms with Crippen LogP contribution >= 0.6 is 0 Å². The average molecular weight is 248 g/mol. The molecule has 4 atom stereocenters. The van der Waals surface area contributed by atoms with E-state index in [1.807, 2.05) is 18.2 Å². The normalized spacial score (nSPS) is 28.9. The molecule has 4 unspecified atom stereocenters. The van der Waals surface area contributed by atoms with Crippen molar-refractivity contribution in [2.75, 3.05) is 6.61 Å². The van der Waals surface area contributed by atoms with Crippen molar-refractivity contribution in [1.82, 2.24) is 0 Å². The molecule has 96 valence electrons. The number of esters is 1. The molecule has 0 radical (unpaired) electrons. The Balaban J connectivity index is 1.84. The molecule has 1 fully saturated rings. The summed E-state index contributed by atoms with van der Waals surface area (Å²) in [6.07, 6.45) is -0.572. The number of hydrogen-bond acceptors (Lipinski definition) is 4. The molecule has 1 saturated carbocycles. The molecule has 0 bridgehead atoms. The summed E-state index contributed by atoms with van der Waals surface area (Å²) in [6, 6.07) is 5.66. The maximum absolute atomic E-state index is 11.7. The zero-order chi connectivity index (χ0) is 12.9. The van der Waals surface area contributed by atoms with Crippen LogP contribution in [0.5, 0.6) is 5.75 Å². The van der Waals surface area contributed by atoms with Gasteiger partial charge in [0.05, 0.1) is 12.7 Å². The van der Waals surface area contributed by atoms with Crippen molar-refractivity contribution >= 4 is 5.97 Å². The van der Waals surface area contributed by atoms with Gasteiger partial charge >= 0.3 is 5.97 Å². The first-order valence-electron chi connectivity index (χ1n) is 6.28. The number of carbonyl (C=O) groups is 1. The number of benzene rings is 1. The van der Waals surface area contributed by atoms with Crippen LogP contribution in [-0.2, 0) is 9.53 Å². The molecule has 0 amide bonds. The molecule has 0 saturated heterocycles. The Kier molecular flexibility index (Phi) is 2.55. The van der Waals surface area contributed by atoms with E-state index in [1.54, 1.807) is 13.8 Å². The number of ether oxygens (including phenoxy) is 2. The first-order chi connectivity index (χ1) is 8.63. The smallest absolute Gasteiger partial charge is 0.313 e. The highest BCUT2D eigenvalue weighted by Crippen LogP contribution is 2.58. The van der Waals surface area contributed by atoms with E-state index in [-0.39, 0.29) is 23.9 Å². The summed E-state index contributed by atoms with van der Waals surface area (Å²) in [7, 11) is 0. The highest BCUT2D eigenvalue weighted by molar-refractivity contribution is 5.80. The molecule has 1 N–H and O–H groups in total. The van der Waals surface area contributed by atoms with Crippen LogP contribution in [0.4, 0.5) is 0 Å². The third-order valence-electron chi connectivity index (χ3n) is 3.65. The number of carbonyl (C=O) groups excluding carboxylic acids is 1. The maximum Gasteiger partial charge on any atom is 0.313 e.